The van der Waals surface area contributed by atoms with Crippen molar-refractivity contribution in [1.82, 2.24) is 0 Å². The third-order valence-corrected chi connectivity index (χ3v) is 5.29. The summed E-state index contributed by atoms with van der Waals surface area (Å²) < 4.78 is 0. The van der Waals surface area contributed by atoms with Crippen molar-refractivity contribution in [3.8, 4) is 5.75 Å². The van der Waals surface area contributed by atoms with E-state index < -0.39 is 0 Å². The molecule has 1 aromatic carbocycles. The van der Waals surface area contributed by atoms with Crippen LogP contribution in [0.2, 0.25) is 0 Å². The molecule has 0 atom stereocenters. The van der Waals surface area contributed by atoms with Crippen LogP contribution in [0.5, 0.6) is 5.75 Å². The highest BCUT2D eigenvalue weighted by Gasteiger charge is 2.37. The molecule has 2 aliphatic rings. The van der Waals surface area contributed by atoms with E-state index in [2.05, 4.69) is 11.4 Å². The summed E-state index contributed by atoms with van der Waals surface area (Å²) in [6, 6.07) is 6.51. The van der Waals surface area contributed by atoms with E-state index in [0.29, 0.717) is 17.2 Å². The Morgan fingerprint density at radius 3 is 2.42 bits per heavy atom. The van der Waals surface area contributed by atoms with Gasteiger partial charge in [-0.3, -0.25) is 0 Å². The van der Waals surface area contributed by atoms with E-state index in [1.54, 1.807) is 0 Å². The third-order valence-electron chi connectivity index (χ3n) is 5.29. The predicted molar refractivity (Wildman–Crippen MR) is 79.6 cm³/mol. The van der Waals surface area contributed by atoms with Crippen LogP contribution in [0.25, 0.3) is 0 Å². The molecule has 0 amide bonds. The second-order valence-corrected chi connectivity index (χ2v) is 6.63. The van der Waals surface area contributed by atoms with Crippen LogP contribution in [-0.4, -0.2) is 11.1 Å². The number of hydrogen-bond acceptors (Lipinski definition) is 2. The number of benzene rings is 1. The quantitative estimate of drug-likeness (QED) is 0.812. The fourth-order valence-corrected chi connectivity index (χ4v) is 3.93. The van der Waals surface area contributed by atoms with Crippen molar-refractivity contribution in [2.75, 3.05) is 5.32 Å². The number of nitrogens with one attached hydrogen (secondary N) is 1. The minimum absolute atomic E-state index is 0.396. The smallest absolute Gasteiger partial charge is 0.120 e. The van der Waals surface area contributed by atoms with E-state index in [1.165, 1.54) is 51.4 Å². The van der Waals surface area contributed by atoms with E-state index in [1.807, 2.05) is 19.1 Å². The Hall–Kier alpha value is -1.18. The highest BCUT2D eigenvalue weighted by molar-refractivity contribution is 5.51. The van der Waals surface area contributed by atoms with E-state index in [0.717, 1.165) is 11.3 Å². The fraction of sp³-hybridized carbons (Fsp3) is 0.647. The summed E-state index contributed by atoms with van der Waals surface area (Å²) >= 11 is 0. The van der Waals surface area contributed by atoms with Crippen LogP contribution in [0.15, 0.2) is 18.2 Å². The molecule has 2 N–H and O–H groups in total. The first-order valence-corrected chi connectivity index (χ1v) is 7.73. The van der Waals surface area contributed by atoms with Crippen molar-refractivity contribution in [1.29, 1.82) is 0 Å². The average molecular weight is 259 g/mol. The molecule has 1 spiro atoms. The molecule has 1 aromatic rings. The molecule has 2 nitrogen and oxygen atoms in total. The van der Waals surface area contributed by atoms with Crippen molar-refractivity contribution in [2.24, 2.45) is 5.41 Å². The van der Waals surface area contributed by atoms with Crippen molar-refractivity contribution in [3.63, 3.8) is 0 Å². The Balaban J connectivity index is 1.58. The SMILES string of the molecule is Cc1ccc(NC2CCC3(CCCC3)CC2)cc1O. The monoisotopic (exact) mass is 259 g/mol. The van der Waals surface area contributed by atoms with Gasteiger partial charge in [-0.05, 0) is 62.5 Å². The zero-order valence-electron chi connectivity index (χ0n) is 11.9. The van der Waals surface area contributed by atoms with Crippen LogP contribution in [0.4, 0.5) is 5.69 Å². The largest absolute Gasteiger partial charge is 0.508 e. The maximum Gasteiger partial charge on any atom is 0.120 e. The number of aryl methyl sites for hydroxylation is 1. The molecule has 2 fully saturated rings. The molecule has 3 rings (SSSR count). The highest BCUT2D eigenvalue weighted by atomic mass is 16.3. The maximum absolute atomic E-state index is 9.76. The molecule has 104 valence electrons. The first-order chi connectivity index (χ1) is 9.17. The van der Waals surface area contributed by atoms with Gasteiger partial charge in [0.1, 0.15) is 5.75 Å². The van der Waals surface area contributed by atoms with Crippen LogP contribution in [0, 0.1) is 12.3 Å². The molecule has 2 heteroatoms. The number of anilines is 1. The summed E-state index contributed by atoms with van der Waals surface area (Å²) in [7, 11) is 0. The number of phenols is 1. The molecular weight excluding hydrogens is 234 g/mol. The van der Waals surface area contributed by atoms with Gasteiger partial charge in [0.2, 0.25) is 0 Å². The van der Waals surface area contributed by atoms with E-state index in [-0.39, 0.29) is 0 Å². The molecule has 0 aliphatic heterocycles. The summed E-state index contributed by atoms with van der Waals surface area (Å²) in [5, 5.41) is 13.4. The molecule has 0 unspecified atom stereocenters. The zero-order valence-corrected chi connectivity index (χ0v) is 11.9. The molecular formula is C17H25NO. The molecule has 0 aromatic heterocycles. The minimum atomic E-state index is 0.396. The van der Waals surface area contributed by atoms with Gasteiger partial charge in [0, 0.05) is 17.8 Å². The standard InChI is InChI=1S/C17H25NO/c1-13-4-5-15(12-16(13)19)18-14-6-10-17(11-7-14)8-2-3-9-17/h4-5,12,14,18-19H,2-3,6-11H2,1H3. The minimum Gasteiger partial charge on any atom is -0.508 e. The molecule has 2 saturated carbocycles. The van der Waals surface area contributed by atoms with Gasteiger partial charge in [0.25, 0.3) is 0 Å². The summed E-state index contributed by atoms with van der Waals surface area (Å²) in [6.07, 6.45) is 11.2. The summed E-state index contributed by atoms with van der Waals surface area (Å²) in [6.45, 7) is 1.93. The van der Waals surface area contributed by atoms with Gasteiger partial charge in [0.05, 0.1) is 0 Å². The topological polar surface area (TPSA) is 32.3 Å². The molecule has 0 bridgehead atoms. The number of hydrogen-bond donors (Lipinski definition) is 2. The summed E-state index contributed by atoms with van der Waals surface area (Å²) in [5.41, 5.74) is 2.71. The van der Waals surface area contributed by atoms with Crippen LogP contribution in [-0.2, 0) is 0 Å². The molecule has 19 heavy (non-hydrogen) atoms. The zero-order chi connectivity index (χ0) is 13.3. The van der Waals surface area contributed by atoms with Crippen LogP contribution >= 0.6 is 0 Å². The first-order valence-electron chi connectivity index (χ1n) is 7.73. The number of aromatic hydroxyl groups is 1. The first kappa shape index (κ1) is 12.8. The average Bonchev–Trinajstić information content (AvgIpc) is 2.86. The van der Waals surface area contributed by atoms with Gasteiger partial charge in [-0.1, -0.05) is 18.9 Å². The van der Waals surface area contributed by atoms with Crippen molar-refractivity contribution < 1.29 is 5.11 Å². The lowest BCUT2D eigenvalue weighted by molar-refractivity contribution is 0.188. The number of rotatable bonds is 2. The summed E-state index contributed by atoms with van der Waals surface area (Å²) in [4.78, 5) is 0. The van der Waals surface area contributed by atoms with Gasteiger partial charge < -0.3 is 10.4 Å². The maximum atomic E-state index is 9.76. The van der Waals surface area contributed by atoms with Crippen molar-refractivity contribution in [3.05, 3.63) is 23.8 Å². The number of phenolic OH excluding ortho intramolecular Hbond substituents is 1. The van der Waals surface area contributed by atoms with Gasteiger partial charge in [0.15, 0.2) is 0 Å². The van der Waals surface area contributed by atoms with Gasteiger partial charge >= 0.3 is 0 Å². The van der Waals surface area contributed by atoms with Crippen molar-refractivity contribution >= 4 is 5.69 Å². The fourth-order valence-electron chi connectivity index (χ4n) is 3.93. The van der Waals surface area contributed by atoms with Crippen LogP contribution in [0.3, 0.4) is 0 Å². The normalized spacial score (nSPS) is 22.8. The lowest BCUT2D eigenvalue weighted by atomic mass is 9.71. The Kier molecular flexibility index (Phi) is 3.42. The molecule has 2 aliphatic carbocycles. The second-order valence-electron chi connectivity index (χ2n) is 6.63. The Bertz CT molecular complexity index is 439. The lowest BCUT2D eigenvalue weighted by Crippen LogP contribution is -2.31. The van der Waals surface area contributed by atoms with E-state index in [9.17, 15) is 5.11 Å². The lowest BCUT2D eigenvalue weighted by Gasteiger charge is -2.37. The molecule has 0 heterocycles. The molecule has 0 radical (unpaired) electrons. The van der Waals surface area contributed by atoms with Crippen LogP contribution in [0.1, 0.15) is 56.9 Å². The van der Waals surface area contributed by atoms with Gasteiger partial charge in [-0.25, -0.2) is 0 Å². The second kappa shape index (κ2) is 5.07. The van der Waals surface area contributed by atoms with Crippen molar-refractivity contribution in [2.45, 2.75) is 64.3 Å². The third kappa shape index (κ3) is 2.72. The highest BCUT2D eigenvalue weighted by Crippen LogP contribution is 2.49. The van der Waals surface area contributed by atoms with E-state index in [4.69, 9.17) is 0 Å². The Labute approximate surface area is 116 Å². The van der Waals surface area contributed by atoms with Crippen LogP contribution < -0.4 is 5.32 Å². The molecule has 0 saturated heterocycles. The van der Waals surface area contributed by atoms with Gasteiger partial charge in [-0.15, -0.1) is 0 Å². The van der Waals surface area contributed by atoms with Gasteiger partial charge in [-0.2, -0.15) is 0 Å². The predicted octanol–water partition coefficient (Wildman–Crippen LogP) is 4.62. The summed E-state index contributed by atoms with van der Waals surface area (Å²) in [5.74, 6) is 0.396. The Morgan fingerprint density at radius 1 is 1.11 bits per heavy atom. The Morgan fingerprint density at radius 2 is 1.79 bits per heavy atom. The van der Waals surface area contributed by atoms with E-state index >= 15 is 0 Å².